The first-order valence-corrected chi connectivity index (χ1v) is 7.87. The van der Waals surface area contributed by atoms with Crippen molar-refractivity contribution in [3.8, 4) is 0 Å². The second kappa shape index (κ2) is 6.34. The zero-order chi connectivity index (χ0) is 15.7. The van der Waals surface area contributed by atoms with E-state index < -0.39 is 5.92 Å². The van der Waals surface area contributed by atoms with E-state index in [4.69, 9.17) is 0 Å². The zero-order valence-electron chi connectivity index (χ0n) is 12.1. The standard InChI is InChI=1S/C15H18FN3O2S/c16-12-7-13(10-1-2-14(20)18-15(10)21)17-8-11(12)9-3-5-19(22)6-4-9/h7-10,22H,1-6H2,(H,18,20,21). The lowest BCUT2D eigenvalue weighted by Gasteiger charge is -2.28. The van der Waals surface area contributed by atoms with Gasteiger partial charge in [-0.15, -0.1) is 0 Å². The van der Waals surface area contributed by atoms with E-state index >= 15 is 0 Å². The van der Waals surface area contributed by atoms with Gasteiger partial charge in [0.05, 0.1) is 11.6 Å². The zero-order valence-corrected chi connectivity index (χ0v) is 13.0. The average Bonchev–Trinajstić information content (AvgIpc) is 2.48. The molecule has 2 fully saturated rings. The van der Waals surface area contributed by atoms with Crippen molar-refractivity contribution < 1.29 is 14.0 Å². The Morgan fingerprint density at radius 2 is 2.00 bits per heavy atom. The number of nitrogens with one attached hydrogen (secondary N) is 1. The number of pyridine rings is 1. The summed E-state index contributed by atoms with van der Waals surface area (Å²) >= 11 is 4.29. The lowest BCUT2D eigenvalue weighted by molar-refractivity contribution is -0.134. The fourth-order valence-electron chi connectivity index (χ4n) is 3.10. The summed E-state index contributed by atoms with van der Waals surface area (Å²) in [6.07, 6.45) is 3.89. The van der Waals surface area contributed by atoms with Gasteiger partial charge in [0.15, 0.2) is 0 Å². The van der Waals surface area contributed by atoms with Crippen molar-refractivity contribution >= 4 is 24.6 Å². The van der Waals surface area contributed by atoms with E-state index in [-0.39, 0.29) is 30.0 Å². The van der Waals surface area contributed by atoms with Crippen LogP contribution in [0.5, 0.6) is 0 Å². The van der Waals surface area contributed by atoms with Gasteiger partial charge in [0.25, 0.3) is 0 Å². The number of amides is 2. The molecule has 0 spiro atoms. The molecule has 5 nitrogen and oxygen atoms in total. The Bertz CT molecular complexity index is 602. The average molecular weight is 323 g/mol. The molecular weight excluding hydrogens is 305 g/mol. The van der Waals surface area contributed by atoms with Crippen molar-refractivity contribution in [3.05, 3.63) is 29.3 Å². The maximum Gasteiger partial charge on any atom is 0.235 e. The van der Waals surface area contributed by atoms with Gasteiger partial charge in [-0.25, -0.2) is 4.39 Å². The van der Waals surface area contributed by atoms with Crippen LogP contribution in [0.25, 0.3) is 0 Å². The van der Waals surface area contributed by atoms with Crippen molar-refractivity contribution in [3.63, 3.8) is 0 Å². The van der Waals surface area contributed by atoms with Crippen molar-refractivity contribution in [1.29, 1.82) is 0 Å². The summed E-state index contributed by atoms with van der Waals surface area (Å²) < 4.78 is 16.3. The van der Waals surface area contributed by atoms with Crippen molar-refractivity contribution in [2.24, 2.45) is 0 Å². The van der Waals surface area contributed by atoms with Gasteiger partial charge in [-0.1, -0.05) is 12.8 Å². The van der Waals surface area contributed by atoms with Gasteiger partial charge in [-0.2, -0.15) is 0 Å². The van der Waals surface area contributed by atoms with Crippen LogP contribution >= 0.6 is 12.8 Å². The lowest BCUT2D eigenvalue weighted by atomic mass is 9.89. The van der Waals surface area contributed by atoms with E-state index in [1.54, 1.807) is 6.20 Å². The molecule has 1 unspecified atom stereocenters. The molecule has 1 atom stereocenters. The Morgan fingerprint density at radius 3 is 2.64 bits per heavy atom. The Labute approximate surface area is 133 Å². The van der Waals surface area contributed by atoms with Gasteiger partial charge in [-0.05, 0) is 31.2 Å². The van der Waals surface area contributed by atoms with Crippen LogP contribution < -0.4 is 5.32 Å². The molecule has 22 heavy (non-hydrogen) atoms. The first kappa shape index (κ1) is 15.4. The predicted molar refractivity (Wildman–Crippen MR) is 81.9 cm³/mol. The van der Waals surface area contributed by atoms with Crippen molar-refractivity contribution in [2.45, 2.75) is 37.5 Å². The highest BCUT2D eigenvalue weighted by atomic mass is 32.1. The second-order valence-corrected chi connectivity index (χ2v) is 6.43. The second-order valence-electron chi connectivity index (χ2n) is 5.86. The molecule has 1 aromatic rings. The summed E-state index contributed by atoms with van der Waals surface area (Å²) in [5, 5.41) is 2.28. The van der Waals surface area contributed by atoms with Crippen LogP contribution in [-0.2, 0) is 9.59 Å². The van der Waals surface area contributed by atoms with Crippen LogP contribution in [-0.4, -0.2) is 34.2 Å². The molecule has 0 aromatic carbocycles. The minimum Gasteiger partial charge on any atom is -0.296 e. The Kier molecular flexibility index (Phi) is 4.44. The smallest absolute Gasteiger partial charge is 0.235 e. The molecule has 2 saturated heterocycles. The molecular formula is C15H18FN3O2S. The number of hydrogen-bond donors (Lipinski definition) is 2. The van der Waals surface area contributed by atoms with Gasteiger partial charge in [0.2, 0.25) is 11.8 Å². The highest BCUT2D eigenvalue weighted by molar-refractivity contribution is 7.77. The molecule has 0 aliphatic carbocycles. The number of rotatable bonds is 2. The highest BCUT2D eigenvalue weighted by Gasteiger charge is 2.30. The van der Waals surface area contributed by atoms with E-state index in [1.807, 2.05) is 4.31 Å². The third-order valence-corrected chi connectivity index (χ3v) is 4.81. The number of aromatic nitrogens is 1. The number of carbonyl (C=O) groups is 2. The highest BCUT2D eigenvalue weighted by Crippen LogP contribution is 2.32. The van der Waals surface area contributed by atoms with E-state index in [9.17, 15) is 14.0 Å². The molecule has 118 valence electrons. The molecule has 1 aromatic heterocycles. The summed E-state index contributed by atoms with van der Waals surface area (Å²) in [5.74, 6) is -1.38. The molecule has 2 aliphatic rings. The minimum atomic E-state index is -0.541. The Morgan fingerprint density at radius 1 is 1.27 bits per heavy atom. The van der Waals surface area contributed by atoms with Gasteiger partial charge in [0.1, 0.15) is 5.82 Å². The van der Waals surface area contributed by atoms with Crippen LogP contribution in [0.4, 0.5) is 4.39 Å². The predicted octanol–water partition coefficient (Wildman–Crippen LogP) is 1.77. The minimum absolute atomic E-state index is 0.145. The van der Waals surface area contributed by atoms with Gasteiger partial charge >= 0.3 is 0 Å². The van der Waals surface area contributed by atoms with E-state index in [0.29, 0.717) is 17.7 Å². The number of hydrogen-bond acceptors (Lipinski definition) is 5. The van der Waals surface area contributed by atoms with Crippen LogP contribution in [0.3, 0.4) is 0 Å². The molecule has 1 N–H and O–H groups in total. The SMILES string of the molecule is O=C1CCC(c2cc(F)c(C3CCN(S)CC3)cn2)C(=O)N1. The van der Waals surface area contributed by atoms with Crippen LogP contribution in [0.1, 0.15) is 48.8 Å². The first-order chi connectivity index (χ1) is 10.5. The normalized spacial score (nSPS) is 24.4. The Hall–Kier alpha value is -1.47. The summed E-state index contributed by atoms with van der Waals surface area (Å²) in [6.45, 7) is 1.64. The number of halogens is 1. The maximum absolute atomic E-state index is 14.4. The molecule has 2 aliphatic heterocycles. The van der Waals surface area contributed by atoms with E-state index in [1.165, 1.54) is 6.07 Å². The van der Waals surface area contributed by atoms with E-state index in [0.717, 1.165) is 25.9 Å². The molecule has 0 radical (unpaired) electrons. The monoisotopic (exact) mass is 323 g/mol. The molecule has 3 heterocycles. The van der Waals surface area contributed by atoms with Crippen LogP contribution in [0, 0.1) is 5.82 Å². The topological polar surface area (TPSA) is 62.3 Å². The van der Waals surface area contributed by atoms with Crippen molar-refractivity contribution in [1.82, 2.24) is 14.6 Å². The number of piperidine rings is 2. The third kappa shape index (κ3) is 3.15. The summed E-state index contributed by atoms with van der Waals surface area (Å²) in [7, 11) is 0. The quantitative estimate of drug-likeness (QED) is 0.643. The lowest BCUT2D eigenvalue weighted by Crippen LogP contribution is -2.39. The Balaban J connectivity index is 1.77. The number of carbonyl (C=O) groups excluding carboxylic acids is 2. The van der Waals surface area contributed by atoms with Crippen molar-refractivity contribution in [2.75, 3.05) is 13.1 Å². The fraction of sp³-hybridized carbons (Fsp3) is 0.533. The molecule has 0 saturated carbocycles. The first-order valence-electron chi connectivity index (χ1n) is 7.47. The summed E-state index contributed by atoms with van der Waals surface area (Å²) in [5.41, 5.74) is 1.01. The van der Waals surface area contributed by atoms with Crippen LogP contribution in [0.15, 0.2) is 12.3 Å². The van der Waals surface area contributed by atoms with Gasteiger partial charge in [-0.3, -0.25) is 24.2 Å². The van der Waals surface area contributed by atoms with Gasteiger partial charge in [0, 0.05) is 31.3 Å². The van der Waals surface area contributed by atoms with E-state index in [2.05, 4.69) is 23.1 Å². The maximum atomic E-state index is 14.4. The molecule has 2 amide bonds. The summed E-state index contributed by atoms with van der Waals surface area (Å²) in [6, 6.07) is 1.35. The number of nitrogens with zero attached hydrogens (tertiary/aromatic N) is 2. The summed E-state index contributed by atoms with van der Waals surface area (Å²) in [4.78, 5) is 27.3. The third-order valence-electron chi connectivity index (χ3n) is 4.41. The number of imide groups is 1. The largest absolute Gasteiger partial charge is 0.296 e. The molecule has 3 rings (SSSR count). The number of thiol groups is 1. The molecule has 7 heteroatoms. The van der Waals surface area contributed by atoms with Gasteiger partial charge < -0.3 is 0 Å². The fourth-order valence-corrected chi connectivity index (χ4v) is 3.33. The van der Waals surface area contributed by atoms with Crippen LogP contribution in [0.2, 0.25) is 0 Å². The molecule has 0 bridgehead atoms.